The molecule has 2 aromatic heterocycles. The number of carbonyl (C=O) groups is 1. The molecule has 5 rings (SSSR count). The van der Waals surface area contributed by atoms with Crippen LogP contribution in [0.4, 0.5) is 0 Å². The summed E-state index contributed by atoms with van der Waals surface area (Å²) in [4.78, 5) is 20.0. The van der Waals surface area contributed by atoms with Gasteiger partial charge in [0.25, 0.3) is 5.91 Å². The monoisotopic (exact) mass is 409 g/mol. The van der Waals surface area contributed by atoms with Crippen molar-refractivity contribution in [2.24, 2.45) is 7.05 Å². The van der Waals surface area contributed by atoms with Gasteiger partial charge in [0.15, 0.2) is 5.69 Å². The van der Waals surface area contributed by atoms with E-state index in [0.29, 0.717) is 17.8 Å². The SMILES string of the molecule is Cc1ccc2c(c1)[C@@H](C)C1=CCc3ncc(cc31)-c1c(C#N)nn(C)c1CN(C)C2=O. The number of amides is 1. The lowest BCUT2D eigenvalue weighted by atomic mass is 9.85. The molecule has 3 heterocycles. The Hall–Kier alpha value is -3.72. The Morgan fingerprint density at radius 1 is 1.19 bits per heavy atom. The van der Waals surface area contributed by atoms with Crippen molar-refractivity contribution in [2.45, 2.75) is 32.7 Å². The molecule has 2 bridgehead atoms. The molecule has 0 unspecified atom stereocenters. The minimum Gasteiger partial charge on any atom is -0.336 e. The minimum atomic E-state index is -0.0336. The summed E-state index contributed by atoms with van der Waals surface area (Å²) < 4.78 is 1.70. The molecule has 0 saturated carbocycles. The van der Waals surface area contributed by atoms with Gasteiger partial charge in [-0.2, -0.15) is 10.4 Å². The van der Waals surface area contributed by atoms with Crippen molar-refractivity contribution in [1.82, 2.24) is 19.7 Å². The third-order valence-electron chi connectivity index (χ3n) is 6.46. The highest BCUT2D eigenvalue weighted by molar-refractivity contribution is 5.97. The second-order valence-corrected chi connectivity index (χ2v) is 8.46. The number of carbonyl (C=O) groups excluding carboxylic acids is 1. The molecule has 1 amide bonds. The predicted octanol–water partition coefficient (Wildman–Crippen LogP) is 3.99. The van der Waals surface area contributed by atoms with Crippen LogP contribution in [-0.4, -0.2) is 32.6 Å². The van der Waals surface area contributed by atoms with Crippen molar-refractivity contribution in [3.8, 4) is 17.2 Å². The molecule has 1 aliphatic carbocycles. The molecule has 2 aliphatic rings. The number of nitrogens with zero attached hydrogens (tertiary/aromatic N) is 5. The summed E-state index contributed by atoms with van der Waals surface area (Å²) in [6.07, 6.45) is 4.82. The highest BCUT2D eigenvalue weighted by Gasteiger charge is 2.29. The first-order valence-electron chi connectivity index (χ1n) is 10.4. The van der Waals surface area contributed by atoms with E-state index in [1.165, 1.54) is 5.57 Å². The van der Waals surface area contributed by atoms with E-state index < -0.39 is 0 Å². The minimum absolute atomic E-state index is 0.0336. The Bertz CT molecular complexity index is 1320. The van der Waals surface area contributed by atoms with Crippen LogP contribution in [0.1, 0.15) is 57.0 Å². The summed E-state index contributed by atoms with van der Waals surface area (Å²) in [6, 6.07) is 10.4. The Balaban J connectivity index is 1.82. The molecule has 0 spiro atoms. The first-order valence-corrected chi connectivity index (χ1v) is 10.4. The number of hydrogen-bond donors (Lipinski definition) is 0. The molecule has 0 saturated heterocycles. The first kappa shape index (κ1) is 19.3. The van der Waals surface area contributed by atoms with Gasteiger partial charge in [-0.15, -0.1) is 0 Å². The van der Waals surface area contributed by atoms with Crippen LogP contribution in [0.2, 0.25) is 0 Å². The third-order valence-corrected chi connectivity index (χ3v) is 6.46. The molecule has 154 valence electrons. The number of pyridine rings is 1. The molecule has 6 heteroatoms. The molecule has 0 fully saturated rings. The van der Waals surface area contributed by atoms with E-state index in [1.807, 2.05) is 25.4 Å². The zero-order valence-corrected chi connectivity index (χ0v) is 18.1. The maximum Gasteiger partial charge on any atom is 0.254 e. The van der Waals surface area contributed by atoms with Crippen LogP contribution < -0.4 is 0 Å². The van der Waals surface area contributed by atoms with E-state index in [-0.39, 0.29) is 11.8 Å². The quantitative estimate of drug-likeness (QED) is 0.563. The van der Waals surface area contributed by atoms with Crippen molar-refractivity contribution >= 4 is 11.5 Å². The number of aryl methyl sites for hydroxylation is 2. The van der Waals surface area contributed by atoms with Crippen molar-refractivity contribution < 1.29 is 4.79 Å². The highest BCUT2D eigenvalue weighted by atomic mass is 16.2. The molecule has 6 nitrogen and oxygen atoms in total. The van der Waals surface area contributed by atoms with E-state index in [0.717, 1.165) is 45.6 Å². The van der Waals surface area contributed by atoms with E-state index >= 15 is 0 Å². The number of allylic oxidation sites excluding steroid dienone is 2. The van der Waals surface area contributed by atoms with Gasteiger partial charge in [0.05, 0.1) is 17.9 Å². The lowest BCUT2D eigenvalue weighted by Gasteiger charge is -2.24. The van der Waals surface area contributed by atoms with Crippen LogP contribution in [-0.2, 0) is 20.0 Å². The fourth-order valence-corrected chi connectivity index (χ4v) is 4.80. The van der Waals surface area contributed by atoms with Crippen LogP contribution in [0, 0.1) is 18.3 Å². The van der Waals surface area contributed by atoms with E-state index in [2.05, 4.69) is 43.2 Å². The summed E-state index contributed by atoms with van der Waals surface area (Å²) in [5.74, 6) is 0.0162. The Kier molecular flexibility index (Phi) is 4.30. The average Bonchev–Trinajstić information content (AvgIpc) is 3.32. The number of hydrogen-bond acceptors (Lipinski definition) is 4. The maximum atomic E-state index is 13.5. The number of rotatable bonds is 0. The van der Waals surface area contributed by atoms with Crippen LogP contribution in [0.15, 0.2) is 36.5 Å². The van der Waals surface area contributed by atoms with Gasteiger partial charge in [0, 0.05) is 54.9 Å². The van der Waals surface area contributed by atoms with Crippen LogP contribution in [0.5, 0.6) is 0 Å². The van der Waals surface area contributed by atoms with Gasteiger partial charge in [-0.05, 0) is 30.2 Å². The van der Waals surface area contributed by atoms with Crippen molar-refractivity contribution in [3.63, 3.8) is 0 Å². The van der Waals surface area contributed by atoms with E-state index in [1.54, 1.807) is 16.6 Å². The lowest BCUT2D eigenvalue weighted by molar-refractivity contribution is 0.0781. The first-order chi connectivity index (χ1) is 14.9. The summed E-state index contributed by atoms with van der Waals surface area (Å²) in [7, 11) is 3.61. The van der Waals surface area contributed by atoms with Crippen LogP contribution in [0.3, 0.4) is 0 Å². The molecule has 0 N–H and O–H groups in total. The summed E-state index contributed by atoms with van der Waals surface area (Å²) in [5, 5.41) is 14.1. The zero-order chi connectivity index (χ0) is 21.9. The Morgan fingerprint density at radius 3 is 2.77 bits per heavy atom. The summed E-state index contributed by atoms with van der Waals surface area (Å²) in [5.41, 5.74) is 8.97. The second kappa shape index (κ2) is 6.92. The molecular formula is C25H23N5O. The van der Waals surface area contributed by atoms with Crippen molar-refractivity contribution in [3.05, 3.63) is 75.9 Å². The molecule has 31 heavy (non-hydrogen) atoms. The molecule has 0 radical (unpaired) electrons. The fourth-order valence-electron chi connectivity index (χ4n) is 4.80. The lowest BCUT2D eigenvalue weighted by Crippen LogP contribution is -2.29. The van der Waals surface area contributed by atoms with Gasteiger partial charge in [-0.3, -0.25) is 14.5 Å². The Morgan fingerprint density at radius 2 is 2.00 bits per heavy atom. The molecule has 1 aromatic carbocycles. The highest BCUT2D eigenvalue weighted by Crippen LogP contribution is 2.41. The van der Waals surface area contributed by atoms with Gasteiger partial charge in [0.1, 0.15) is 6.07 Å². The van der Waals surface area contributed by atoms with Gasteiger partial charge < -0.3 is 4.90 Å². The van der Waals surface area contributed by atoms with Gasteiger partial charge in [-0.1, -0.05) is 30.7 Å². The third kappa shape index (κ3) is 2.89. The maximum absolute atomic E-state index is 13.5. The molecule has 3 aromatic rings. The van der Waals surface area contributed by atoms with Gasteiger partial charge in [-0.25, -0.2) is 0 Å². The second-order valence-electron chi connectivity index (χ2n) is 8.46. The number of nitriles is 1. The van der Waals surface area contributed by atoms with Gasteiger partial charge in [0.2, 0.25) is 0 Å². The topological polar surface area (TPSA) is 74.8 Å². The normalized spacial score (nSPS) is 17.3. The standard InChI is InChI=1S/C25H23N5O/c1-14-5-6-18-19(9-14)15(2)17-7-8-21-20(17)10-16(12-27-21)24-22(11-26)28-30(4)23(24)13-29(3)25(18)31/h5-7,9-10,12,15H,8,13H2,1-4H3/t15-/m0/s1. The average molecular weight is 409 g/mol. The van der Waals surface area contributed by atoms with Crippen LogP contribution >= 0.6 is 0 Å². The number of benzene rings is 1. The van der Waals surface area contributed by atoms with Crippen molar-refractivity contribution in [1.29, 1.82) is 5.26 Å². The fraction of sp³-hybridized carbons (Fsp3) is 0.280. The van der Waals surface area contributed by atoms with Crippen LogP contribution in [0.25, 0.3) is 16.7 Å². The molecule has 1 aliphatic heterocycles. The predicted molar refractivity (Wildman–Crippen MR) is 118 cm³/mol. The smallest absolute Gasteiger partial charge is 0.254 e. The number of aromatic nitrogens is 3. The van der Waals surface area contributed by atoms with Crippen molar-refractivity contribution in [2.75, 3.05) is 7.05 Å². The molecule has 1 atom stereocenters. The largest absolute Gasteiger partial charge is 0.336 e. The Labute approximate surface area is 181 Å². The van der Waals surface area contributed by atoms with Gasteiger partial charge >= 0.3 is 0 Å². The molecular weight excluding hydrogens is 386 g/mol. The van der Waals surface area contributed by atoms with E-state index in [4.69, 9.17) is 4.98 Å². The summed E-state index contributed by atoms with van der Waals surface area (Å²) >= 11 is 0. The number of fused-ring (bicyclic) bond motifs is 4. The summed E-state index contributed by atoms with van der Waals surface area (Å²) in [6.45, 7) is 4.56. The zero-order valence-electron chi connectivity index (χ0n) is 18.1. The van der Waals surface area contributed by atoms with E-state index in [9.17, 15) is 10.1 Å².